The average molecular weight is 633 g/mol. The smallest absolute Gasteiger partial charge is 0.199 e. The van der Waals surface area contributed by atoms with E-state index in [9.17, 15) is 5.11 Å². The van der Waals surface area contributed by atoms with E-state index in [2.05, 4.69) is 117 Å². The van der Waals surface area contributed by atoms with Crippen LogP contribution in [0.1, 0.15) is 42.5 Å². The third-order valence-electron chi connectivity index (χ3n) is 9.58. The Hall–Kier alpha value is -4.46. The first-order valence-electron chi connectivity index (χ1n) is 16.9. The van der Waals surface area contributed by atoms with Crippen LogP contribution in [0.15, 0.2) is 103 Å². The summed E-state index contributed by atoms with van der Waals surface area (Å²) >= 11 is 0. The predicted octanol–water partition coefficient (Wildman–Crippen LogP) is 7.58. The number of aromatic nitrogens is 1. The van der Waals surface area contributed by atoms with Crippen LogP contribution < -0.4 is 14.4 Å². The highest BCUT2D eigenvalue weighted by atomic mass is 16.5. The van der Waals surface area contributed by atoms with Gasteiger partial charge < -0.3 is 28.9 Å². The van der Waals surface area contributed by atoms with Crippen LogP contribution in [0.3, 0.4) is 0 Å². The number of benzene rings is 4. The Balaban J connectivity index is 1.31. The average Bonchev–Trinajstić information content (AvgIpc) is 3.46. The third-order valence-corrected chi connectivity index (χ3v) is 9.58. The molecule has 1 aliphatic heterocycles. The molecule has 6 rings (SSSR count). The Morgan fingerprint density at radius 2 is 1.40 bits per heavy atom. The molecular weight excluding hydrogens is 584 g/mol. The van der Waals surface area contributed by atoms with Crippen LogP contribution >= 0.6 is 0 Å². The molecule has 4 aromatic carbocycles. The Labute approximate surface area is 279 Å². The fourth-order valence-electron chi connectivity index (χ4n) is 6.97. The summed E-state index contributed by atoms with van der Waals surface area (Å²) in [5.41, 5.74) is 4.88. The number of ether oxygens (including phenoxy) is 2. The van der Waals surface area contributed by atoms with Crippen molar-refractivity contribution in [1.29, 1.82) is 0 Å². The minimum absolute atomic E-state index is 0.0951. The van der Waals surface area contributed by atoms with Gasteiger partial charge in [-0.2, -0.15) is 0 Å². The summed E-state index contributed by atoms with van der Waals surface area (Å²) in [7, 11) is 3.34. The zero-order valence-electron chi connectivity index (χ0n) is 28.0. The normalized spacial score (nSPS) is 14.5. The number of hydrogen-bond donors (Lipinski definition) is 1. The molecule has 0 radical (unpaired) electrons. The van der Waals surface area contributed by atoms with E-state index >= 15 is 0 Å². The van der Waals surface area contributed by atoms with Crippen LogP contribution in [0.2, 0.25) is 0 Å². The highest BCUT2D eigenvalue weighted by Crippen LogP contribution is 2.41. The van der Waals surface area contributed by atoms with Gasteiger partial charge in [-0.15, -0.1) is 0 Å². The van der Waals surface area contributed by atoms with Crippen molar-refractivity contribution in [2.75, 3.05) is 58.4 Å². The molecule has 47 heavy (non-hydrogen) atoms. The summed E-state index contributed by atoms with van der Waals surface area (Å²) in [4.78, 5) is 7.48. The SMILES string of the molecule is CCN1CCN(c2cccc3c(O)n([C@H](CCCN(Cc4ccccc4)Cc4ccccc4)c4ccc(OC)c(OC)c4)cc23)CC1. The molecule has 0 aliphatic carbocycles. The van der Waals surface area contributed by atoms with Crippen LogP contribution in [-0.2, 0) is 13.1 Å². The van der Waals surface area contributed by atoms with Crippen LogP contribution in [0.5, 0.6) is 17.4 Å². The summed E-state index contributed by atoms with van der Waals surface area (Å²) in [6, 6.07) is 33.8. The van der Waals surface area contributed by atoms with Crippen LogP contribution in [0.25, 0.3) is 10.8 Å². The molecule has 1 fully saturated rings. The second-order valence-electron chi connectivity index (χ2n) is 12.5. The largest absolute Gasteiger partial charge is 0.494 e. The molecule has 7 nitrogen and oxygen atoms in total. The maximum absolute atomic E-state index is 11.8. The first-order valence-corrected chi connectivity index (χ1v) is 16.9. The fourth-order valence-corrected chi connectivity index (χ4v) is 6.97. The molecule has 5 aromatic rings. The van der Waals surface area contributed by atoms with Gasteiger partial charge in [0.2, 0.25) is 0 Å². The van der Waals surface area contributed by atoms with Gasteiger partial charge in [0.05, 0.1) is 20.3 Å². The first-order chi connectivity index (χ1) is 23.1. The lowest BCUT2D eigenvalue weighted by molar-refractivity contribution is 0.245. The molecule has 7 heteroatoms. The molecule has 1 aromatic heterocycles. The molecular formula is C40H48N4O3. The Bertz CT molecular complexity index is 1670. The molecule has 0 unspecified atom stereocenters. The highest BCUT2D eigenvalue weighted by molar-refractivity contribution is 5.98. The number of piperazine rings is 1. The van der Waals surface area contributed by atoms with Crippen molar-refractivity contribution >= 4 is 16.5 Å². The summed E-state index contributed by atoms with van der Waals surface area (Å²) in [6.07, 6.45) is 3.95. The number of anilines is 1. The van der Waals surface area contributed by atoms with Gasteiger partial charge in [-0.3, -0.25) is 4.90 Å². The summed E-state index contributed by atoms with van der Waals surface area (Å²) in [5.74, 6) is 1.69. The molecule has 1 N–H and O–H groups in total. The van der Waals surface area contributed by atoms with E-state index in [0.29, 0.717) is 17.4 Å². The van der Waals surface area contributed by atoms with E-state index in [4.69, 9.17) is 9.47 Å². The van der Waals surface area contributed by atoms with Crippen molar-refractivity contribution in [2.45, 2.75) is 38.9 Å². The summed E-state index contributed by atoms with van der Waals surface area (Å²) in [6.45, 7) is 10.1. The minimum Gasteiger partial charge on any atom is -0.494 e. The lowest BCUT2D eigenvalue weighted by atomic mass is 10.0. The number of nitrogens with zero attached hydrogens (tertiary/aromatic N) is 4. The van der Waals surface area contributed by atoms with Crippen LogP contribution in [0.4, 0.5) is 5.69 Å². The highest BCUT2D eigenvalue weighted by Gasteiger charge is 2.24. The van der Waals surface area contributed by atoms with Gasteiger partial charge in [-0.25, -0.2) is 0 Å². The number of hydrogen-bond acceptors (Lipinski definition) is 6. The molecule has 1 atom stereocenters. The molecule has 0 spiro atoms. The molecule has 0 saturated carbocycles. The molecule has 1 aliphatic rings. The number of methoxy groups -OCH3 is 2. The van der Waals surface area contributed by atoms with Crippen LogP contribution in [-0.4, -0.2) is 73.0 Å². The van der Waals surface area contributed by atoms with E-state index in [0.717, 1.165) is 81.5 Å². The van der Waals surface area contributed by atoms with Crippen molar-refractivity contribution in [1.82, 2.24) is 14.4 Å². The maximum Gasteiger partial charge on any atom is 0.199 e. The molecule has 0 amide bonds. The monoisotopic (exact) mass is 632 g/mol. The number of rotatable bonds is 14. The van der Waals surface area contributed by atoms with Gasteiger partial charge >= 0.3 is 0 Å². The van der Waals surface area contributed by atoms with Crippen molar-refractivity contribution in [3.63, 3.8) is 0 Å². The fraction of sp³-hybridized carbons (Fsp3) is 0.350. The number of likely N-dealkylation sites (N-methyl/N-ethyl adjacent to an activating group) is 1. The van der Waals surface area contributed by atoms with Gasteiger partial charge in [0.1, 0.15) is 0 Å². The zero-order chi connectivity index (χ0) is 32.6. The van der Waals surface area contributed by atoms with Gasteiger partial charge in [0.15, 0.2) is 17.4 Å². The summed E-state index contributed by atoms with van der Waals surface area (Å²) < 4.78 is 13.4. The second kappa shape index (κ2) is 15.4. The zero-order valence-corrected chi connectivity index (χ0v) is 28.0. The Morgan fingerprint density at radius 1 is 0.745 bits per heavy atom. The topological polar surface area (TPSA) is 53.3 Å². The van der Waals surface area contributed by atoms with E-state index in [-0.39, 0.29) is 6.04 Å². The van der Waals surface area contributed by atoms with Gasteiger partial charge in [-0.1, -0.05) is 79.7 Å². The molecule has 0 bridgehead atoms. The van der Waals surface area contributed by atoms with Crippen molar-refractivity contribution in [3.05, 3.63) is 120 Å². The molecule has 1 saturated heterocycles. The van der Waals surface area contributed by atoms with E-state index in [1.807, 2.05) is 12.1 Å². The first kappa shape index (κ1) is 32.5. The Kier molecular flexibility index (Phi) is 10.7. The van der Waals surface area contributed by atoms with Gasteiger partial charge in [-0.05, 0) is 66.9 Å². The Morgan fingerprint density at radius 3 is 2.02 bits per heavy atom. The number of aromatic hydroxyl groups is 1. The van der Waals surface area contributed by atoms with Crippen molar-refractivity contribution in [2.24, 2.45) is 0 Å². The summed E-state index contributed by atoms with van der Waals surface area (Å²) in [5, 5.41) is 13.8. The lowest BCUT2D eigenvalue weighted by Crippen LogP contribution is -2.46. The minimum atomic E-state index is -0.0951. The van der Waals surface area contributed by atoms with Crippen LogP contribution in [0, 0.1) is 0 Å². The van der Waals surface area contributed by atoms with Crippen molar-refractivity contribution in [3.8, 4) is 17.4 Å². The van der Waals surface area contributed by atoms with E-state index in [1.165, 1.54) is 16.8 Å². The number of fused-ring (bicyclic) bond motifs is 1. The van der Waals surface area contributed by atoms with Crippen molar-refractivity contribution < 1.29 is 14.6 Å². The second-order valence-corrected chi connectivity index (χ2v) is 12.5. The standard InChI is InChI=1S/C40H48N4O3/c1-4-41-23-25-43(26-24-41)37-18-11-17-34-35(37)30-44(40(34)45)36(33-20-21-38(46-2)39(27-33)47-3)19-12-22-42(28-31-13-7-5-8-14-31)29-32-15-9-6-10-16-32/h5-11,13-18,20-21,27,30,36,45H,4,12,19,22-26,28-29H2,1-3H3/t36-/m1/s1. The lowest BCUT2D eigenvalue weighted by Gasteiger charge is -2.35. The predicted molar refractivity (Wildman–Crippen MR) is 192 cm³/mol. The van der Waals surface area contributed by atoms with Gasteiger partial charge in [0, 0.05) is 61.9 Å². The molecule has 2 heterocycles. The maximum atomic E-state index is 11.8. The molecule has 246 valence electrons. The van der Waals surface area contributed by atoms with Gasteiger partial charge in [0.25, 0.3) is 0 Å². The van der Waals surface area contributed by atoms with E-state index < -0.39 is 0 Å². The van der Waals surface area contributed by atoms with E-state index in [1.54, 1.807) is 14.2 Å². The quantitative estimate of drug-likeness (QED) is 0.136. The third kappa shape index (κ3) is 7.58.